The van der Waals surface area contributed by atoms with Crippen molar-refractivity contribution in [2.24, 2.45) is 0 Å². The Morgan fingerprint density at radius 2 is 1.77 bits per heavy atom. The van der Waals surface area contributed by atoms with Gasteiger partial charge in [0.2, 0.25) is 0 Å². The first-order chi connectivity index (χ1) is 15.2. The highest BCUT2D eigenvalue weighted by Crippen LogP contribution is 2.31. The molecule has 0 bridgehead atoms. The molecule has 4 nitrogen and oxygen atoms in total. The largest absolute Gasteiger partial charge is 0.494 e. The average Bonchev–Trinajstić information content (AvgIpc) is 3.25. The van der Waals surface area contributed by atoms with Crippen LogP contribution in [-0.2, 0) is 6.54 Å². The van der Waals surface area contributed by atoms with E-state index < -0.39 is 0 Å². The molecule has 0 spiro atoms. The summed E-state index contributed by atoms with van der Waals surface area (Å²) in [5.74, 6) is 0.646. The molecule has 0 aliphatic heterocycles. The molecule has 0 atom stereocenters. The molecule has 0 fully saturated rings. The van der Waals surface area contributed by atoms with Crippen molar-refractivity contribution in [3.05, 3.63) is 90.0 Å². The van der Waals surface area contributed by atoms with E-state index in [4.69, 9.17) is 9.72 Å². The van der Waals surface area contributed by atoms with Gasteiger partial charge < -0.3 is 4.74 Å². The topological polar surface area (TPSA) is 42.4 Å². The molecule has 0 unspecified atom stereocenters. The summed E-state index contributed by atoms with van der Waals surface area (Å²) in [4.78, 5) is 20.1. The van der Waals surface area contributed by atoms with E-state index in [1.165, 1.54) is 11.3 Å². The number of hydrogen-bond acceptors (Lipinski definition) is 4. The van der Waals surface area contributed by atoms with Crippen LogP contribution in [0.4, 0.5) is 5.13 Å². The molecule has 0 N–H and O–H groups in total. The second-order valence-corrected chi connectivity index (χ2v) is 8.43. The van der Waals surface area contributed by atoms with Crippen molar-refractivity contribution >= 4 is 32.6 Å². The molecule has 1 heterocycles. The van der Waals surface area contributed by atoms with E-state index in [1.807, 2.05) is 78.9 Å². The molecule has 0 saturated carbocycles. The molecule has 1 aromatic heterocycles. The maximum absolute atomic E-state index is 13.6. The lowest BCUT2D eigenvalue weighted by Gasteiger charge is -2.20. The Kier molecular flexibility index (Phi) is 6.95. The molecule has 4 aromatic rings. The molecule has 31 heavy (non-hydrogen) atoms. The number of amides is 1. The molecule has 4 rings (SSSR count). The first-order valence-corrected chi connectivity index (χ1v) is 11.5. The Balaban J connectivity index is 1.62. The summed E-state index contributed by atoms with van der Waals surface area (Å²) < 4.78 is 6.93. The van der Waals surface area contributed by atoms with E-state index in [9.17, 15) is 4.79 Å². The van der Waals surface area contributed by atoms with Gasteiger partial charge in [-0.1, -0.05) is 79.6 Å². The summed E-state index contributed by atoms with van der Waals surface area (Å²) in [7, 11) is 0. The monoisotopic (exact) mass is 430 g/mol. The van der Waals surface area contributed by atoms with Crippen molar-refractivity contribution < 1.29 is 9.53 Å². The molecular formula is C26H26N2O2S. The van der Waals surface area contributed by atoms with Crippen molar-refractivity contribution in [1.82, 2.24) is 4.98 Å². The molecule has 1 amide bonds. The number of carbonyl (C=O) groups excluding carboxylic acids is 1. The standard InChI is InChI=1S/C26H26N2O2S/c1-2-3-9-17-30-22-14-10-13-21(18-22)25(29)28(19-20-11-5-4-6-12-20)26-27-23-15-7-8-16-24(23)31-26/h4-8,10-16,18H,2-3,9,17,19H2,1H3. The van der Waals surface area contributed by atoms with Crippen LogP contribution in [0.1, 0.15) is 42.1 Å². The number of ether oxygens (including phenoxy) is 1. The SMILES string of the molecule is CCCCCOc1cccc(C(=O)N(Cc2ccccc2)c2nc3ccccc3s2)c1. The summed E-state index contributed by atoms with van der Waals surface area (Å²) in [6.07, 6.45) is 3.31. The molecule has 158 valence electrons. The van der Waals surface area contributed by atoms with Crippen molar-refractivity contribution in [1.29, 1.82) is 0 Å². The van der Waals surface area contributed by atoms with Gasteiger partial charge in [-0.15, -0.1) is 0 Å². The Morgan fingerprint density at radius 3 is 2.58 bits per heavy atom. The third kappa shape index (κ3) is 5.30. The van der Waals surface area contributed by atoms with Gasteiger partial charge in [-0.2, -0.15) is 0 Å². The van der Waals surface area contributed by atoms with E-state index in [-0.39, 0.29) is 5.91 Å². The van der Waals surface area contributed by atoms with Crippen LogP contribution in [0.15, 0.2) is 78.9 Å². The summed E-state index contributed by atoms with van der Waals surface area (Å²) in [5, 5.41) is 0.698. The number of nitrogens with zero attached hydrogens (tertiary/aromatic N) is 2. The summed E-state index contributed by atoms with van der Waals surface area (Å²) in [5.41, 5.74) is 2.56. The predicted molar refractivity (Wildman–Crippen MR) is 128 cm³/mol. The lowest BCUT2D eigenvalue weighted by molar-refractivity contribution is 0.0984. The number of hydrogen-bond donors (Lipinski definition) is 0. The van der Waals surface area contributed by atoms with Gasteiger partial charge in [-0.25, -0.2) is 4.98 Å². The molecule has 3 aromatic carbocycles. The first-order valence-electron chi connectivity index (χ1n) is 10.7. The number of para-hydroxylation sites is 1. The number of fused-ring (bicyclic) bond motifs is 1. The van der Waals surface area contributed by atoms with Gasteiger partial charge in [0.05, 0.1) is 23.4 Å². The fraction of sp³-hybridized carbons (Fsp3) is 0.231. The number of aromatic nitrogens is 1. The second-order valence-electron chi connectivity index (χ2n) is 7.42. The quantitative estimate of drug-likeness (QED) is 0.277. The summed E-state index contributed by atoms with van der Waals surface area (Å²) in [6, 6.07) is 25.4. The highest BCUT2D eigenvalue weighted by molar-refractivity contribution is 7.22. The van der Waals surface area contributed by atoms with E-state index in [1.54, 1.807) is 4.90 Å². The van der Waals surface area contributed by atoms with Gasteiger partial charge in [-0.05, 0) is 42.3 Å². The van der Waals surface area contributed by atoms with Gasteiger partial charge in [0.15, 0.2) is 5.13 Å². The van der Waals surface area contributed by atoms with Gasteiger partial charge in [0, 0.05) is 5.56 Å². The minimum atomic E-state index is -0.0816. The fourth-order valence-electron chi connectivity index (χ4n) is 3.38. The van der Waals surface area contributed by atoms with Gasteiger partial charge >= 0.3 is 0 Å². The Morgan fingerprint density at radius 1 is 0.968 bits per heavy atom. The van der Waals surface area contributed by atoms with Gasteiger partial charge in [0.1, 0.15) is 5.75 Å². The fourth-order valence-corrected chi connectivity index (χ4v) is 4.35. The lowest BCUT2D eigenvalue weighted by atomic mass is 10.1. The predicted octanol–water partition coefficient (Wildman–Crippen LogP) is 6.71. The van der Waals surface area contributed by atoms with Crippen LogP contribution < -0.4 is 9.64 Å². The zero-order chi connectivity index (χ0) is 21.5. The van der Waals surface area contributed by atoms with Crippen LogP contribution in [0.25, 0.3) is 10.2 Å². The Hall–Kier alpha value is -3.18. The smallest absolute Gasteiger partial charge is 0.260 e. The lowest BCUT2D eigenvalue weighted by Crippen LogP contribution is -2.30. The van der Waals surface area contributed by atoms with Crippen LogP contribution in [0, 0.1) is 0 Å². The zero-order valence-electron chi connectivity index (χ0n) is 17.7. The normalized spacial score (nSPS) is 10.9. The van der Waals surface area contributed by atoms with Crippen molar-refractivity contribution in [3.8, 4) is 5.75 Å². The molecular weight excluding hydrogens is 404 g/mol. The average molecular weight is 431 g/mol. The third-order valence-corrected chi connectivity index (χ3v) is 6.10. The third-order valence-electron chi connectivity index (χ3n) is 5.04. The molecule has 5 heteroatoms. The van der Waals surface area contributed by atoms with E-state index in [0.29, 0.717) is 23.8 Å². The van der Waals surface area contributed by atoms with Crippen molar-refractivity contribution in [2.75, 3.05) is 11.5 Å². The number of anilines is 1. The highest BCUT2D eigenvalue weighted by atomic mass is 32.1. The summed E-state index contributed by atoms with van der Waals surface area (Å²) >= 11 is 1.53. The van der Waals surface area contributed by atoms with Crippen molar-refractivity contribution in [2.45, 2.75) is 32.7 Å². The Bertz CT molecular complexity index is 1110. The van der Waals surface area contributed by atoms with E-state index >= 15 is 0 Å². The van der Waals surface area contributed by atoms with Crippen LogP contribution in [0.2, 0.25) is 0 Å². The van der Waals surface area contributed by atoms with Crippen LogP contribution >= 0.6 is 11.3 Å². The Labute approximate surface area is 187 Å². The number of unbranched alkanes of at least 4 members (excludes halogenated alkanes) is 2. The molecule has 0 aliphatic rings. The zero-order valence-corrected chi connectivity index (χ0v) is 18.5. The highest BCUT2D eigenvalue weighted by Gasteiger charge is 2.22. The van der Waals surface area contributed by atoms with Crippen LogP contribution in [-0.4, -0.2) is 17.5 Å². The second kappa shape index (κ2) is 10.2. The minimum Gasteiger partial charge on any atom is -0.494 e. The van der Waals surface area contributed by atoms with Gasteiger partial charge in [0.25, 0.3) is 5.91 Å². The summed E-state index contributed by atoms with van der Waals surface area (Å²) in [6.45, 7) is 3.29. The minimum absolute atomic E-state index is 0.0816. The molecule has 0 radical (unpaired) electrons. The van der Waals surface area contributed by atoms with Crippen LogP contribution in [0.5, 0.6) is 5.75 Å². The van der Waals surface area contributed by atoms with Crippen LogP contribution in [0.3, 0.4) is 0 Å². The molecule has 0 saturated heterocycles. The molecule has 0 aliphatic carbocycles. The van der Waals surface area contributed by atoms with E-state index in [2.05, 4.69) is 6.92 Å². The van der Waals surface area contributed by atoms with E-state index in [0.717, 1.165) is 40.8 Å². The van der Waals surface area contributed by atoms with Gasteiger partial charge in [-0.3, -0.25) is 9.69 Å². The van der Waals surface area contributed by atoms with Crippen molar-refractivity contribution in [3.63, 3.8) is 0 Å². The first kappa shape index (κ1) is 21.1. The number of carbonyl (C=O) groups is 1. The maximum atomic E-state index is 13.6. The number of benzene rings is 3. The number of thiazole rings is 1. The maximum Gasteiger partial charge on any atom is 0.260 e. The number of rotatable bonds is 9.